The van der Waals surface area contributed by atoms with Gasteiger partial charge in [-0.05, 0) is 27.9 Å². The zero-order valence-electron chi connectivity index (χ0n) is 17.8. The Morgan fingerprint density at radius 3 is 1.73 bits per heavy atom. The van der Waals surface area contributed by atoms with E-state index in [4.69, 9.17) is 10.2 Å². The number of hydrogen-bond donors (Lipinski definition) is 1. The smallest absolute Gasteiger partial charge is 0.285 e. The maximum atomic E-state index is 14.2. The molecule has 0 saturated carbocycles. The first-order chi connectivity index (χ1) is 14.1. The molecular formula is C25H28F2NOSi. The third kappa shape index (κ3) is 4.69. The van der Waals surface area contributed by atoms with E-state index in [2.05, 4.69) is 20.8 Å². The molecule has 0 bridgehead atoms. The van der Waals surface area contributed by atoms with Crippen LogP contribution in [0.4, 0.5) is 8.78 Å². The first-order valence-electron chi connectivity index (χ1n) is 10.0. The largest absolute Gasteiger partial charge is 0.385 e. The molecule has 157 valence electrons. The lowest BCUT2D eigenvalue weighted by molar-refractivity contribution is -0.0317. The fourth-order valence-electron chi connectivity index (χ4n) is 3.41. The summed E-state index contributed by atoms with van der Waals surface area (Å²) in [4.78, 5) is 0. The van der Waals surface area contributed by atoms with Crippen LogP contribution in [-0.2, 0) is 10.2 Å². The van der Waals surface area contributed by atoms with Gasteiger partial charge < -0.3 is 10.2 Å². The minimum Gasteiger partial charge on any atom is -0.385 e. The Hall–Kier alpha value is -2.34. The quantitative estimate of drug-likeness (QED) is 0.464. The fourth-order valence-corrected chi connectivity index (χ4v) is 5.60. The molecule has 0 saturated heterocycles. The SMILES string of the molecule is C[C@H](C(C)(C)C)[C@@](N)(O[Si](c1ccccc1)c1ccccc1)c1ccc(F)c(F)c1. The second-order valence-corrected chi connectivity index (χ2v) is 10.7. The lowest BCUT2D eigenvalue weighted by Gasteiger charge is -2.44. The average molecular weight is 425 g/mol. The van der Waals surface area contributed by atoms with Crippen molar-refractivity contribution in [1.29, 1.82) is 0 Å². The van der Waals surface area contributed by atoms with Gasteiger partial charge in [0.2, 0.25) is 0 Å². The molecule has 0 fully saturated rings. The second kappa shape index (κ2) is 8.80. The molecule has 0 unspecified atom stereocenters. The van der Waals surface area contributed by atoms with Crippen LogP contribution in [0.25, 0.3) is 0 Å². The first kappa shape index (κ1) is 22.3. The van der Waals surface area contributed by atoms with Crippen molar-refractivity contribution in [3.8, 4) is 0 Å². The van der Waals surface area contributed by atoms with E-state index < -0.39 is 26.4 Å². The van der Waals surface area contributed by atoms with Crippen molar-refractivity contribution in [2.45, 2.75) is 33.4 Å². The van der Waals surface area contributed by atoms with E-state index in [1.54, 1.807) is 0 Å². The summed E-state index contributed by atoms with van der Waals surface area (Å²) in [5.74, 6) is -2.02. The molecule has 3 aromatic carbocycles. The van der Waals surface area contributed by atoms with E-state index >= 15 is 0 Å². The van der Waals surface area contributed by atoms with Crippen LogP contribution in [0.1, 0.15) is 33.3 Å². The van der Waals surface area contributed by atoms with E-state index in [-0.39, 0.29) is 11.3 Å². The molecule has 0 aromatic heterocycles. The third-order valence-corrected chi connectivity index (χ3v) is 7.91. The Bertz CT molecular complexity index is 936. The van der Waals surface area contributed by atoms with Crippen LogP contribution >= 0.6 is 0 Å². The predicted molar refractivity (Wildman–Crippen MR) is 120 cm³/mol. The van der Waals surface area contributed by atoms with E-state index in [1.807, 2.05) is 67.6 Å². The zero-order chi connectivity index (χ0) is 21.9. The lowest BCUT2D eigenvalue weighted by atomic mass is 9.73. The molecule has 0 aliphatic heterocycles. The number of benzene rings is 3. The van der Waals surface area contributed by atoms with Gasteiger partial charge in [0.05, 0.1) is 0 Å². The second-order valence-electron chi connectivity index (χ2n) is 8.67. The van der Waals surface area contributed by atoms with Gasteiger partial charge >= 0.3 is 0 Å². The zero-order valence-corrected chi connectivity index (χ0v) is 18.8. The average Bonchev–Trinajstić information content (AvgIpc) is 2.74. The van der Waals surface area contributed by atoms with Gasteiger partial charge in [0, 0.05) is 11.5 Å². The van der Waals surface area contributed by atoms with Gasteiger partial charge in [-0.25, -0.2) is 8.78 Å². The van der Waals surface area contributed by atoms with Crippen molar-refractivity contribution in [2.75, 3.05) is 0 Å². The Kier molecular flexibility index (Phi) is 6.55. The van der Waals surface area contributed by atoms with Gasteiger partial charge in [0.1, 0.15) is 5.72 Å². The molecule has 5 heteroatoms. The summed E-state index contributed by atoms with van der Waals surface area (Å²) >= 11 is 0. The highest BCUT2D eigenvalue weighted by molar-refractivity contribution is 6.80. The fraction of sp³-hybridized carbons (Fsp3) is 0.280. The Morgan fingerprint density at radius 1 is 0.800 bits per heavy atom. The van der Waals surface area contributed by atoms with Gasteiger partial charge in [-0.15, -0.1) is 0 Å². The van der Waals surface area contributed by atoms with E-state index in [0.29, 0.717) is 5.56 Å². The predicted octanol–water partition coefficient (Wildman–Crippen LogP) is 4.58. The lowest BCUT2D eigenvalue weighted by Crippen LogP contribution is -2.58. The van der Waals surface area contributed by atoms with E-state index in [9.17, 15) is 8.78 Å². The minimum atomic E-state index is -1.77. The van der Waals surface area contributed by atoms with E-state index in [1.165, 1.54) is 6.07 Å². The van der Waals surface area contributed by atoms with Crippen LogP contribution in [0, 0.1) is 23.0 Å². The van der Waals surface area contributed by atoms with Crippen LogP contribution in [0.3, 0.4) is 0 Å². The number of halogens is 2. The van der Waals surface area contributed by atoms with Crippen molar-refractivity contribution in [1.82, 2.24) is 0 Å². The summed E-state index contributed by atoms with van der Waals surface area (Å²) in [6, 6.07) is 23.7. The molecule has 1 radical (unpaired) electrons. The van der Waals surface area contributed by atoms with Gasteiger partial charge in [0.15, 0.2) is 11.6 Å². The maximum absolute atomic E-state index is 14.2. The molecule has 0 amide bonds. The van der Waals surface area contributed by atoms with Crippen molar-refractivity contribution >= 4 is 19.4 Å². The van der Waals surface area contributed by atoms with Gasteiger partial charge in [-0.1, -0.05) is 94.4 Å². The maximum Gasteiger partial charge on any atom is 0.285 e. The summed E-state index contributed by atoms with van der Waals surface area (Å²) in [6.07, 6.45) is 0. The van der Waals surface area contributed by atoms with Crippen LogP contribution in [-0.4, -0.2) is 9.04 Å². The molecule has 0 heterocycles. The Balaban J connectivity index is 2.15. The number of hydrogen-bond acceptors (Lipinski definition) is 2. The Labute approximate surface area is 179 Å². The van der Waals surface area contributed by atoms with Crippen molar-refractivity contribution in [3.05, 3.63) is 96.1 Å². The number of rotatable bonds is 6. The van der Waals surface area contributed by atoms with E-state index in [0.717, 1.165) is 22.5 Å². The normalized spacial score (nSPS) is 15.1. The van der Waals surface area contributed by atoms with Crippen molar-refractivity contribution in [2.24, 2.45) is 17.1 Å². The third-order valence-electron chi connectivity index (χ3n) is 5.66. The summed E-state index contributed by atoms with van der Waals surface area (Å²) in [6.45, 7) is 8.20. The van der Waals surface area contributed by atoms with Gasteiger partial charge in [0.25, 0.3) is 9.04 Å². The topological polar surface area (TPSA) is 35.2 Å². The summed E-state index contributed by atoms with van der Waals surface area (Å²) in [5.41, 5.74) is 5.84. The molecule has 30 heavy (non-hydrogen) atoms. The van der Waals surface area contributed by atoms with Crippen LogP contribution in [0.5, 0.6) is 0 Å². The number of nitrogens with two attached hydrogens (primary N) is 1. The van der Waals surface area contributed by atoms with Gasteiger partial charge in [-0.2, -0.15) is 0 Å². The summed E-state index contributed by atoms with van der Waals surface area (Å²) < 4.78 is 34.6. The highest BCUT2D eigenvalue weighted by Crippen LogP contribution is 2.40. The van der Waals surface area contributed by atoms with Crippen LogP contribution in [0.15, 0.2) is 78.9 Å². The molecule has 0 spiro atoms. The molecule has 3 rings (SSSR count). The minimum absolute atomic E-state index is 0.192. The van der Waals surface area contributed by atoms with Crippen molar-refractivity contribution < 1.29 is 13.2 Å². The monoisotopic (exact) mass is 424 g/mol. The molecule has 2 atom stereocenters. The van der Waals surface area contributed by atoms with Gasteiger partial charge in [-0.3, -0.25) is 0 Å². The first-order valence-corrected chi connectivity index (χ1v) is 11.4. The standard InChI is InChI=1S/C25H28F2NOSi/c1-18(24(2,3)4)25(28,19-15-16-22(26)23(27)17-19)29-30(20-11-7-5-8-12-20)21-13-9-6-10-14-21/h5-18H,28H2,1-4H3/t18-,25-/m1/s1. The van der Waals surface area contributed by atoms with Crippen LogP contribution < -0.4 is 16.1 Å². The summed E-state index contributed by atoms with van der Waals surface area (Å²) in [5, 5.41) is 2.07. The molecular weight excluding hydrogens is 396 g/mol. The molecule has 0 aliphatic carbocycles. The molecule has 2 nitrogen and oxygen atoms in total. The Morgan fingerprint density at radius 2 is 1.30 bits per heavy atom. The molecule has 2 N–H and O–H groups in total. The van der Waals surface area contributed by atoms with Crippen LogP contribution in [0.2, 0.25) is 0 Å². The molecule has 3 aromatic rings. The highest BCUT2D eigenvalue weighted by Gasteiger charge is 2.44. The highest BCUT2D eigenvalue weighted by atomic mass is 28.3. The molecule has 0 aliphatic rings. The van der Waals surface area contributed by atoms with Crippen molar-refractivity contribution in [3.63, 3.8) is 0 Å². The summed E-state index contributed by atoms with van der Waals surface area (Å²) in [7, 11) is -1.77.